The number of carbonyl (C=O) groups is 2. The fourth-order valence-electron chi connectivity index (χ4n) is 2.28. The quantitative estimate of drug-likeness (QED) is 0.809. The first-order valence-electron chi connectivity index (χ1n) is 8.12. The van der Waals surface area contributed by atoms with Crippen LogP contribution in [0.25, 0.3) is 0 Å². The molecule has 0 spiro atoms. The summed E-state index contributed by atoms with van der Waals surface area (Å²) in [6, 6.07) is 12.5. The molecule has 0 saturated heterocycles. The lowest BCUT2D eigenvalue weighted by Crippen LogP contribution is -2.20. The summed E-state index contributed by atoms with van der Waals surface area (Å²) in [5.41, 5.74) is 3.17. The Morgan fingerprint density at radius 2 is 1.76 bits per heavy atom. The van der Waals surface area contributed by atoms with Crippen molar-refractivity contribution in [3.05, 3.63) is 59.2 Å². The molecule has 2 aromatic rings. The first-order valence-corrected chi connectivity index (χ1v) is 8.12. The maximum atomic E-state index is 12.1. The van der Waals surface area contributed by atoms with Crippen molar-refractivity contribution in [3.8, 4) is 5.75 Å². The van der Waals surface area contributed by atoms with E-state index in [2.05, 4.69) is 30.0 Å². The third-order valence-electron chi connectivity index (χ3n) is 3.83. The van der Waals surface area contributed by atoms with Crippen LogP contribution in [0.2, 0.25) is 0 Å². The second-order valence-corrected chi connectivity index (χ2v) is 6.09. The first kappa shape index (κ1) is 18.5. The Hall–Kier alpha value is -2.82. The maximum absolute atomic E-state index is 12.1. The number of hydrogen-bond donors (Lipinski definition) is 1. The van der Waals surface area contributed by atoms with Gasteiger partial charge in [-0.1, -0.05) is 26.0 Å². The van der Waals surface area contributed by atoms with Gasteiger partial charge < -0.3 is 14.8 Å². The van der Waals surface area contributed by atoms with Crippen molar-refractivity contribution in [3.63, 3.8) is 0 Å². The summed E-state index contributed by atoms with van der Waals surface area (Å²) < 4.78 is 10.3. The smallest absolute Gasteiger partial charge is 0.337 e. The van der Waals surface area contributed by atoms with Gasteiger partial charge in [0, 0.05) is 5.69 Å². The third kappa shape index (κ3) is 5.08. The molecule has 1 N–H and O–H groups in total. The minimum atomic E-state index is -0.415. The van der Waals surface area contributed by atoms with Gasteiger partial charge in [-0.05, 0) is 54.3 Å². The van der Waals surface area contributed by atoms with E-state index in [0.717, 1.165) is 5.56 Å². The van der Waals surface area contributed by atoms with Crippen LogP contribution in [0.5, 0.6) is 5.75 Å². The van der Waals surface area contributed by atoms with E-state index in [4.69, 9.17) is 4.74 Å². The van der Waals surface area contributed by atoms with Crippen molar-refractivity contribution in [2.24, 2.45) is 0 Å². The monoisotopic (exact) mass is 341 g/mol. The van der Waals surface area contributed by atoms with E-state index >= 15 is 0 Å². The molecule has 0 bridgehead atoms. The van der Waals surface area contributed by atoms with E-state index in [-0.39, 0.29) is 12.5 Å². The number of esters is 1. The van der Waals surface area contributed by atoms with Crippen LogP contribution in [0.1, 0.15) is 41.3 Å². The summed E-state index contributed by atoms with van der Waals surface area (Å²) >= 11 is 0. The predicted molar refractivity (Wildman–Crippen MR) is 97.2 cm³/mol. The van der Waals surface area contributed by atoms with Gasteiger partial charge in [0.05, 0.1) is 12.7 Å². The molecule has 2 aromatic carbocycles. The summed E-state index contributed by atoms with van der Waals surface area (Å²) in [5, 5.41) is 2.74. The Balaban J connectivity index is 1.95. The summed E-state index contributed by atoms with van der Waals surface area (Å²) in [6.07, 6.45) is 0. The van der Waals surface area contributed by atoms with E-state index < -0.39 is 5.97 Å². The topological polar surface area (TPSA) is 64.6 Å². The lowest BCUT2D eigenvalue weighted by atomic mass is 10.0. The molecule has 0 aromatic heterocycles. The molecule has 132 valence electrons. The van der Waals surface area contributed by atoms with Gasteiger partial charge in [0.1, 0.15) is 5.75 Å². The molecule has 1 amide bonds. The van der Waals surface area contributed by atoms with Crippen molar-refractivity contribution < 1.29 is 19.1 Å². The van der Waals surface area contributed by atoms with Gasteiger partial charge in [0.2, 0.25) is 0 Å². The minimum Gasteiger partial charge on any atom is -0.483 e. The second-order valence-electron chi connectivity index (χ2n) is 6.09. The molecule has 5 heteroatoms. The first-order chi connectivity index (χ1) is 11.9. The van der Waals surface area contributed by atoms with E-state index in [1.165, 1.54) is 12.7 Å². The van der Waals surface area contributed by atoms with Crippen molar-refractivity contribution in [2.45, 2.75) is 26.7 Å². The van der Waals surface area contributed by atoms with Gasteiger partial charge >= 0.3 is 5.97 Å². The molecule has 2 rings (SSSR count). The molecule has 0 aliphatic carbocycles. The molecule has 5 nitrogen and oxygen atoms in total. The zero-order valence-corrected chi connectivity index (χ0v) is 15.0. The maximum Gasteiger partial charge on any atom is 0.337 e. The molecule has 0 saturated carbocycles. The van der Waals surface area contributed by atoms with Gasteiger partial charge in [0.25, 0.3) is 5.91 Å². The van der Waals surface area contributed by atoms with Crippen LogP contribution in [-0.4, -0.2) is 25.6 Å². The number of anilines is 1. The number of hydrogen-bond acceptors (Lipinski definition) is 4. The molecule has 0 radical (unpaired) electrons. The number of carbonyl (C=O) groups excluding carboxylic acids is 2. The number of methoxy groups -OCH3 is 1. The molecular weight excluding hydrogens is 318 g/mol. The van der Waals surface area contributed by atoms with Gasteiger partial charge in [-0.25, -0.2) is 4.79 Å². The minimum absolute atomic E-state index is 0.0822. The molecule has 0 heterocycles. The van der Waals surface area contributed by atoms with Crippen LogP contribution < -0.4 is 10.1 Å². The highest BCUT2D eigenvalue weighted by molar-refractivity contribution is 5.93. The van der Waals surface area contributed by atoms with E-state index in [1.54, 1.807) is 24.3 Å². The normalized spacial score (nSPS) is 10.4. The molecule has 0 aliphatic rings. The zero-order valence-electron chi connectivity index (χ0n) is 15.0. The molecule has 0 aliphatic heterocycles. The van der Waals surface area contributed by atoms with Crippen molar-refractivity contribution >= 4 is 17.6 Å². The summed E-state index contributed by atoms with van der Waals surface area (Å²) in [7, 11) is 1.33. The van der Waals surface area contributed by atoms with Crippen LogP contribution in [-0.2, 0) is 9.53 Å². The van der Waals surface area contributed by atoms with E-state index in [1.807, 2.05) is 19.1 Å². The second kappa shape index (κ2) is 8.33. The van der Waals surface area contributed by atoms with E-state index in [9.17, 15) is 9.59 Å². The Morgan fingerprint density at radius 3 is 2.36 bits per heavy atom. The molecule has 0 atom stereocenters. The Kier molecular flexibility index (Phi) is 6.17. The lowest BCUT2D eigenvalue weighted by molar-refractivity contribution is -0.118. The molecule has 0 fully saturated rings. The summed E-state index contributed by atoms with van der Waals surface area (Å²) in [5.74, 6) is 0.425. The molecule has 25 heavy (non-hydrogen) atoms. The number of ether oxygens (including phenoxy) is 2. The summed E-state index contributed by atoms with van der Waals surface area (Å²) in [6.45, 7) is 6.09. The number of aryl methyl sites for hydroxylation is 1. The van der Waals surface area contributed by atoms with Crippen LogP contribution in [0.3, 0.4) is 0 Å². The van der Waals surface area contributed by atoms with Crippen LogP contribution in [0.15, 0.2) is 42.5 Å². The summed E-state index contributed by atoms with van der Waals surface area (Å²) in [4.78, 5) is 23.4. The number of benzene rings is 2. The number of amides is 1. The molecule has 0 unspecified atom stereocenters. The van der Waals surface area contributed by atoms with Gasteiger partial charge in [-0.2, -0.15) is 0 Å². The van der Waals surface area contributed by atoms with Gasteiger partial charge in [0.15, 0.2) is 6.61 Å². The average Bonchev–Trinajstić information content (AvgIpc) is 2.60. The average molecular weight is 341 g/mol. The van der Waals surface area contributed by atoms with Crippen molar-refractivity contribution in [2.75, 3.05) is 19.0 Å². The number of nitrogens with one attached hydrogen (secondary N) is 1. The number of rotatable bonds is 6. The zero-order chi connectivity index (χ0) is 18.4. The van der Waals surface area contributed by atoms with Crippen molar-refractivity contribution in [1.29, 1.82) is 0 Å². The SMILES string of the molecule is COC(=O)c1ccc(NC(=O)COc2cc(C(C)C)ccc2C)cc1. The van der Waals surface area contributed by atoms with E-state index in [0.29, 0.717) is 22.9 Å². The predicted octanol–water partition coefficient (Wildman–Crippen LogP) is 3.92. The lowest BCUT2D eigenvalue weighted by Gasteiger charge is -2.13. The highest BCUT2D eigenvalue weighted by Crippen LogP contribution is 2.24. The van der Waals surface area contributed by atoms with Crippen LogP contribution in [0.4, 0.5) is 5.69 Å². The fourth-order valence-corrected chi connectivity index (χ4v) is 2.28. The largest absolute Gasteiger partial charge is 0.483 e. The van der Waals surface area contributed by atoms with Crippen molar-refractivity contribution in [1.82, 2.24) is 0 Å². The Labute approximate surface area is 148 Å². The van der Waals surface area contributed by atoms with Gasteiger partial charge in [-0.3, -0.25) is 4.79 Å². The fraction of sp³-hybridized carbons (Fsp3) is 0.300. The highest BCUT2D eigenvalue weighted by atomic mass is 16.5. The Bertz CT molecular complexity index is 751. The van der Waals surface area contributed by atoms with Crippen LogP contribution in [0, 0.1) is 6.92 Å². The van der Waals surface area contributed by atoms with Crippen LogP contribution >= 0.6 is 0 Å². The standard InChI is InChI=1S/C20H23NO4/c1-13(2)16-6-5-14(3)18(11-16)25-12-19(22)21-17-9-7-15(8-10-17)20(23)24-4/h5-11,13H,12H2,1-4H3,(H,21,22). The van der Waals surface area contributed by atoms with Gasteiger partial charge in [-0.15, -0.1) is 0 Å². The Morgan fingerprint density at radius 1 is 1.08 bits per heavy atom. The molecular formula is C20H23NO4. The highest BCUT2D eigenvalue weighted by Gasteiger charge is 2.09. The third-order valence-corrected chi connectivity index (χ3v) is 3.83.